The fourth-order valence-electron chi connectivity index (χ4n) is 2.63. The van der Waals surface area contributed by atoms with Crippen LogP contribution in [0, 0.1) is 5.92 Å². The van der Waals surface area contributed by atoms with Gasteiger partial charge in [0.25, 0.3) is 0 Å². The van der Waals surface area contributed by atoms with Gasteiger partial charge in [-0.1, -0.05) is 18.7 Å². The monoisotopic (exact) mass is 300 g/mol. The van der Waals surface area contributed by atoms with Gasteiger partial charge in [-0.15, -0.1) is 0 Å². The smallest absolute Gasteiger partial charge is 0.235 e. The Morgan fingerprint density at radius 3 is 2.91 bits per heavy atom. The third-order valence-corrected chi connectivity index (χ3v) is 3.81. The molecule has 5 nitrogen and oxygen atoms in total. The molecule has 0 saturated heterocycles. The molecule has 1 aliphatic rings. The zero-order valence-corrected chi connectivity index (χ0v) is 13.3. The lowest BCUT2D eigenvalue weighted by Crippen LogP contribution is -2.45. The number of nitrogens with zero attached hydrogens (tertiary/aromatic N) is 2. The van der Waals surface area contributed by atoms with Crippen molar-refractivity contribution in [2.45, 2.75) is 20.3 Å². The summed E-state index contributed by atoms with van der Waals surface area (Å²) in [6, 6.07) is 5.97. The maximum Gasteiger partial charge on any atom is 0.235 e. The highest BCUT2D eigenvalue weighted by Gasteiger charge is 2.34. The lowest BCUT2D eigenvalue weighted by Gasteiger charge is -2.34. The number of amides is 1. The summed E-state index contributed by atoms with van der Waals surface area (Å²) in [5, 5.41) is 4.42. The van der Waals surface area contributed by atoms with Gasteiger partial charge in [0.1, 0.15) is 0 Å². The van der Waals surface area contributed by atoms with Crippen LogP contribution in [0.3, 0.4) is 0 Å². The highest BCUT2D eigenvalue weighted by Crippen LogP contribution is 2.32. The van der Waals surface area contributed by atoms with E-state index in [1.165, 1.54) is 0 Å². The van der Waals surface area contributed by atoms with Gasteiger partial charge in [-0.25, -0.2) is 0 Å². The van der Waals surface area contributed by atoms with E-state index in [0.717, 1.165) is 35.5 Å². The Kier molecular flexibility index (Phi) is 5.33. The molecule has 1 unspecified atom stereocenters. The van der Waals surface area contributed by atoms with E-state index in [4.69, 9.17) is 5.73 Å². The van der Waals surface area contributed by atoms with Crippen LogP contribution in [0.1, 0.15) is 31.4 Å². The summed E-state index contributed by atoms with van der Waals surface area (Å²) in [7, 11) is 0. The third kappa shape index (κ3) is 3.04. The molecule has 1 aromatic carbocycles. The minimum absolute atomic E-state index is 0.0731. The molecule has 1 atom stereocenters. The van der Waals surface area contributed by atoms with E-state index in [1.54, 1.807) is 6.08 Å². The Balaban J connectivity index is 2.53. The Morgan fingerprint density at radius 2 is 2.27 bits per heavy atom. The van der Waals surface area contributed by atoms with Gasteiger partial charge in [-0.3, -0.25) is 4.79 Å². The predicted octanol–water partition coefficient (Wildman–Crippen LogP) is 1.97. The van der Waals surface area contributed by atoms with Crippen LogP contribution in [-0.4, -0.2) is 31.3 Å². The van der Waals surface area contributed by atoms with Gasteiger partial charge >= 0.3 is 0 Å². The van der Waals surface area contributed by atoms with Gasteiger partial charge < -0.3 is 16.1 Å². The van der Waals surface area contributed by atoms with Crippen molar-refractivity contribution in [1.82, 2.24) is 5.43 Å². The molecule has 0 aromatic heterocycles. The molecule has 1 amide bonds. The van der Waals surface area contributed by atoms with Gasteiger partial charge in [0, 0.05) is 18.7 Å². The van der Waals surface area contributed by atoms with Gasteiger partial charge in [0.15, 0.2) is 0 Å². The topological polar surface area (TPSA) is 70.7 Å². The van der Waals surface area contributed by atoms with Crippen LogP contribution in [0.5, 0.6) is 0 Å². The zero-order chi connectivity index (χ0) is 16.1. The molecule has 0 saturated carbocycles. The lowest BCUT2D eigenvalue weighted by molar-refractivity contribution is -0.120. The first-order valence-electron chi connectivity index (χ1n) is 7.72. The number of anilines is 1. The van der Waals surface area contributed by atoms with E-state index in [0.29, 0.717) is 13.1 Å². The molecular weight excluding hydrogens is 276 g/mol. The molecule has 0 radical (unpaired) electrons. The minimum atomic E-state index is -0.274. The van der Waals surface area contributed by atoms with Crippen LogP contribution in [0.15, 0.2) is 29.9 Å². The van der Waals surface area contributed by atoms with Gasteiger partial charge in [0.05, 0.1) is 17.3 Å². The number of rotatable bonds is 6. The quantitative estimate of drug-likeness (QED) is 0.789. The average molecular weight is 300 g/mol. The normalized spacial score (nSPS) is 19.2. The van der Waals surface area contributed by atoms with E-state index in [1.807, 2.05) is 36.9 Å². The van der Waals surface area contributed by atoms with Crippen LogP contribution < -0.4 is 16.1 Å². The van der Waals surface area contributed by atoms with Crippen molar-refractivity contribution >= 4 is 23.4 Å². The number of carbonyl (C=O) groups is 1. The Hall–Kier alpha value is -2.14. The Bertz CT molecular complexity index is 594. The first-order chi connectivity index (χ1) is 10.6. The van der Waals surface area contributed by atoms with Crippen LogP contribution in [0.25, 0.3) is 6.08 Å². The average Bonchev–Trinajstić information content (AvgIpc) is 2.54. The molecule has 0 spiro atoms. The first-order valence-corrected chi connectivity index (χ1v) is 7.72. The molecule has 1 aliphatic heterocycles. The van der Waals surface area contributed by atoms with Crippen LogP contribution in [0.4, 0.5) is 5.69 Å². The standard InChI is InChI=1S/C17H24N4O/c1-4-13-7-8-15-14(11-13)16(20-19-5-2)12(3)17(22)21(15)10-6-9-18/h4,7-8,11-12,19H,1,5-6,9-10,18H2,2-3H3/b20-16+. The van der Waals surface area contributed by atoms with Crippen molar-refractivity contribution in [3.05, 3.63) is 35.9 Å². The first kappa shape index (κ1) is 16.2. The third-order valence-electron chi connectivity index (χ3n) is 3.81. The van der Waals surface area contributed by atoms with Crippen molar-refractivity contribution in [2.24, 2.45) is 16.8 Å². The second-order valence-corrected chi connectivity index (χ2v) is 5.34. The summed E-state index contributed by atoms with van der Waals surface area (Å²) in [4.78, 5) is 14.5. The number of hydrazone groups is 1. The fraction of sp³-hybridized carbons (Fsp3) is 0.412. The summed E-state index contributed by atoms with van der Waals surface area (Å²) in [5.41, 5.74) is 12.3. The molecule has 1 heterocycles. The SMILES string of the molecule is C=Cc1ccc2c(c1)/C(=N/NCC)C(C)C(=O)N2CCCN. The van der Waals surface area contributed by atoms with Crippen molar-refractivity contribution in [1.29, 1.82) is 0 Å². The van der Waals surface area contributed by atoms with Crippen molar-refractivity contribution < 1.29 is 4.79 Å². The van der Waals surface area contributed by atoms with Gasteiger partial charge in [0.2, 0.25) is 5.91 Å². The minimum Gasteiger partial charge on any atom is -0.330 e. The number of fused-ring (bicyclic) bond motifs is 1. The molecule has 0 aliphatic carbocycles. The summed E-state index contributed by atoms with van der Waals surface area (Å²) in [6.07, 6.45) is 2.58. The summed E-state index contributed by atoms with van der Waals surface area (Å²) in [6.45, 7) is 9.62. The lowest BCUT2D eigenvalue weighted by atomic mass is 9.89. The maximum absolute atomic E-state index is 12.7. The van der Waals surface area contributed by atoms with Crippen LogP contribution >= 0.6 is 0 Å². The maximum atomic E-state index is 12.7. The summed E-state index contributed by atoms with van der Waals surface area (Å²) < 4.78 is 0. The predicted molar refractivity (Wildman–Crippen MR) is 91.9 cm³/mol. The van der Waals surface area contributed by atoms with E-state index >= 15 is 0 Å². The van der Waals surface area contributed by atoms with E-state index in [-0.39, 0.29) is 11.8 Å². The second-order valence-electron chi connectivity index (χ2n) is 5.34. The molecule has 22 heavy (non-hydrogen) atoms. The number of benzene rings is 1. The number of hydrogen-bond donors (Lipinski definition) is 2. The zero-order valence-electron chi connectivity index (χ0n) is 13.3. The van der Waals surface area contributed by atoms with Crippen molar-refractivity contribution in [3.8, 4) is 0 Å². The largest absolute Gasteiger partial charge is 0.330 e. The van der Waals surface area contributed by atoms with Crippen molar-refractivity contribution in [3.63, 3.8) is 0 Å². The van der Waals surface area contributed by atoms with Gasteiger partial charge in [-0.05, 0) is 44.5 Å². The fourth-order valence-corrected chi connectivity index (χ4v) is 2.63. The highest BCUT2D eigenvalue weighted by atomic mass is 16.2. The van der Waals surface area contributed by atoms with Crippen LogP contribution in [0.2, 0.25) is 0 Å². The van der Waals surface area contributed by atoms with E-state index in [9.17, 15) is 4.79 Å². The number of carbonyl (C=O) groups excluding carboxylic acids is 1. The van der Waals surface area contributed by atoms with Gasteiger partial charge in [-0.2, -0.15) is 5.10 Å². The summed E-state index contributed by atoms with van der Waals surface area (Å²) in [5.74, 6) is -0.201. The Labute approximate surface area is 131 Å². The molecule has 0 bridgehead atoms. The molecule has 2 rings (SSSR count). The molecule has 0 fully saturated rings. The molecule has 3 N–H and O–H groups in total. The molecule has 118 valence electrons. The molecule has 1 aromatic rings. The van der Waals surface area contributed by atoms with E-state index < -0.39 is 0 Å². The molecule has 5 heteroatoms. The second kappa shape index (κ2) is 7.22. The molecular formula is C17H24N4O. The number of nitrogens with two attached hydrogens (primary N) is 1. The Morgan fingerprint density at radius 1 is 1.50 bits per heavy atom. The number of hydrogen-bond acceptors (Lipinski definition) is 4. The highest BCUT2D eigenvalue weighted by molar-refractivity contribution is 6.23. The number of nitrogens with one attached hydrogen (secondary N) is 1. The van der Waals surface area contributed by atoms with E-state index in [2.05, 4.69) is 17.1 Å². The van der Waals surface area contributed by atoms with Crippen LogP contribution in [-0.2, 0) is 4.79 Å². The summed E-state index contributed by atoms with van der Waals surface area (Å²) >= 11 is 0. The van der Waals surface area contributed by atoms with Crippen molar-refractivity contribution in [2.75, 3.05) is 24.5 Å².